The Labute approximate surface area is 170 Å². The van der Waals surface area contributed by atoms with Crippen LogP contribution in [0.2, 0.25) is 5.02 Å². The van der Waals surface area contributed by atoms with Gasteiger partial charge in [0.25, 0.3) is 17.0 Å². The van der Waals surface area contributed by atoms with Crippen LogP contribution < -0.4 is 16.4 Å². The molecule has 0 bridgehead atoms. The number of aryl methyl sites for hydroxylation is 2. The molecular formula is C20H18ClN3O5. The molecule has 0 saturated carbocycles. The lowest BCUT2D eigenvalue weighted by molar-refractivity contribution is -0.148. The molecule has 0 saturated heterocycles. The number of benzene rings is 2. The zero-order valence-corrected chi connectivity index (χ0v) is 16.5. The first-order valence-corrected chi connectivity index (χ1v) is 9.08. The molecule has 0 aliphatic carbocycles. The predicted octanol–water partition coefficient (Wildman–Crippen LogP) is 2.14. The molecule has 0 aliphatic rings. The molecule has 1 amide bonds. The summed E-state index contributed by atoms with van der Waals surface area (Å²) in [7, 11) is 0. The van der Waals surface area contributed by atoms with Crippen LogP contribution in [0.4, 0.5) is 5.69 Å². The number of H-pyrrole nitrogens is 1. The Morgan fingerprint density at radius 3 is 2.52 bits per heavy atom. The molecule has 8 nitrogen and oxygen atoms in total. The topological polar surface area (TPSA) is 110 Å². The molecule has 150 valence electrons. The number of carbonyl (C=O) groups is 2. The molecule has 0 radical (unpaired) electrons. The molecule has 0 atom stereocenters. The number of nitrogens with one attached hydrogen (secondary N) is 2. The van der Waals surface area contributed by atoms with Gasteiger partial charge >= 0.3 is 5.97 Å². The molecule has 1 aromatic heterocycles. The number of rotatable bonds is 5. The molecule has 0 fully saturated rings. The quantitative estimate of drug-likeness (QED) is 0.620. The number of fused-ring (bicyclic) bond motifs is 1. The summed E-state index contributed by atoms with van der Waals surface area (Å²) in [6.45, 7) is 2.58. The summed E-state index contributed by atoms with van der Waals surface area (Å²) in [5.41, 5.74) is 1.12. The molecule has 29 heavy (non-hydrogen) atoms. The van der Waals surface area contributed by atoms with E-state index in [1.165, 1.54) is 12.1 Å². The molecule has 0 unspecified atom stereocenters. The molecule has 3 rings (SSSR count). The van der Waals surface area contributed by atoms with Crippen molar-refractivity contribution in [3.05, 3.63) is 73.3 Å². The van der Waals surface area contributed by atoms with E-state index in [1.54, 1.807) is 25.1 Å². The van der Waals surface area contributed by atoms with Crippen molar-refractivity contribution in [1.29, 1.82) is 0 Å². The van der Waals surface area contributed by atoms with Crippen LogP contribution in [-0.4, -0.2) is 28.3 Å². The average Bonchev–Trinajstić information content (AvgIpc) is 2.67. The van der Waals surface area contributed by atoms with E-state index >= 15 is 0 Å². The highest BCUT2D eigenvalue weighted by atomic mass is 35.5. The van der Waals surface area contributed by atoms with Gasteiger partial charge in [0.05, 0.1) is 21.5 Å². The number of carbonyl (C=O) groups excluding carboxylic acids is 2. The van der Waals surface area contributed by atoms with E-state index < -0.39 is 36.1 Å². The van der Waals surface area contributed by atoms with Crippen molar-refractivity contribution in [3.8, 4) is 0 Å². The number of hydrogen-bond acceptors (Lipinski definition) is 5. The van der Waals surface area contributed by atoms with Crippen LogP contribution in [0.3, 0.4) is 0 Å². The summed E-state index contributed by atoms with van der Waals surface area (Å²) in [5.74, 6) is -1.42. The zero-order chi connectivity index (χ0) is 21.1. The van der Waals surface area contributed by atoms with Crippen molar-refractivity contribution < 1.29 is 14.3 Å². The molecule has 2 N–H and O–H groups in total. The Hall–Kier alpha value is -3.39. The van der Waals surface area contributed by atoms with Gasteiger partial charge in [-0.05, 0) is 43.2 Å². The molecule has 2 aromatic carbocycles. The Balaban J connectivity index is 1.66. The van der Waals surface area contributed by atoms with Gasteiger partial charge in [0, 0.05) is 0 Å². The second kappa shape index (κ2) is 8.32. The summed E-state index contributed by atoms with van der Waals surface area (Å²) in [4.78, 5) is 48.6. The van der Waals surface area contributed by atoms with Crippen LogP contribution in [0.25, 0.3) is 10.8 Å². The van der Waals surface area contributed by atoms with Gasteiger partial charge in [0.2, 0.25) is 0 Å². The second-order valence-electron chi connectivity index (χ2n) is 6.53. The Bertz CT molecular complexity index is 1210. The number of anilines is 1. The third-order valence-electron chi connectivity index (χ3n) is 4.23. The van der Waals surface area contributed by atoms with E-state index in [4.69, 9.17) is 16.3 Å². The fraction of sp³-hybridized carbons (Fsp3) is 0.200. The number of aromatic amines is 1. The van der Waals surface area contributed by atoms with E-state index in [2.05, 4.69) is 10.4 Å². The van der Waals surface area contributed by atoms with Crippen molar-refractivity contribution in [2.45, 2.75) is 20.4 Å². The monoisotopic (exact) mass is 415 g/mol. The molecular weight excluding hydrogens is 398 g/mol. The Morgan fingerprint density at radius 2 is 1.83 bits per heavy atom. The van der Waals surface area contributed by atoms with E-state index in [1.807, 2.05) is 13.0 Å². The van der Waals surface area contributed by atoms with Gasteiger partial charge < -0.3 is 10.1 Å². The highest BCUT2D eigenvalue weighted by Gasteiger charge is 2.14. The fourth-order valence-electron chi connectivity index (χ4n) is 2.93. The van der Waals surface area contributed by atoms with E-state index in [0.29, 0.717) is 10.7 Å². The van der Waals surface area contributed by atoms with Gasteiger partial charge in [0.1, 0.15) is 6.54 Å². The van der Waals surface area contributed by atoms with Crippen LogP contribution in [0.5, 0.6) is 0 Å². The van der Waals surface area contributed by atoms with Gasteiger partial charge in [0.15, 0.2) is 6.61 Å². The van der Waals surface area contributed by atoms with E-state index in [9.17, 15) is 19.2 Å². The van der Waals surface area contributed by atoms with Crippen LogP contribution in [-0.2, 0) is 20.9 Å². The summed E-state index contributed by atoms with van der Waals surface area (Å²) >= 11 is 6.13. The summed E-state index contributed by atoms with van der Waals surface area (Å²) < 4.78 is 5.77. The average molecular weight is 416 g/mol. The predicted molar refractivity (Wildman–Crippen MR) is 109 cm³/mol. The lowest BCUT2D eigenvalue weighted by Gasteiger charge is -2.12. The maximum absolute atomic E-state index is 12.4. The first-order chi connectivity index (χ1) is 13.8. The van der Waals surface area contributed by atoms with Gasteiger partial charge in [-0.2, -0.15) is 0 Å². The third kappa shape index (κ3) is 4.55. The standard InChI is InChI=1S/C20H18ClN3O5/c1-11-7-12(2)18(15(21)8-11)22-16(25)10-29-17(26)9-24-20(28)14-6-4-3-5-13(14)19(27)23-24/h3-8H,9-10H2,1-2H3,(H,22,25)(H,23,27). The Morgan fingerprint density at radius 1 is 1.14 bits per heavy atom. The van der Waals surface area contributed by atoms with Crippen LogP contribution in [0, 0.1) is 13.8 Å². The fourth-order valence-corrected chi connectivity index (χ4v) is 3.30. The molecule has 0 spiro atoms. The minimum Gasteiger partial charge on any atom is -0.454 e. The number of halogens is 1. The zero-order valence-electron chi connectivity index (χ0n) is 15.7. The summed E-state index contributed by atoms with van der Waals surface area (Å²) in [5, 5.41) is 5.71. The number of esters is 1. The number of hydrogen-bond donors (Lipinski definition) is 2. The number of nitrogens with zero attached hydrogens (tertiary/aromatic N) is 1. The summed E-state index contributed by atoms with van der Waals surface area (Å²) in [6, 6.07) is 9.83. The van der Waals surface area contributed by atoms with Crippen molar-refractivity contribution in [3.63, 3.8) is 0 Å². The van der Waals surface area contributed by atoms with Gasteiger partial charge in [-0.3, -0.25) is 24.3 Å². The molecule has 0 aliphatic heterocycles. The molecule has 3 aromatic rings. The summed E-state index contributed by atoms with van der Waals surface area (Å²) in [6.07, 6.45) is 0. The van der Waals surface area contributed by atoms with Gasteiger partial charge in [-0.15, -0.1) is 0 Å². The minimum atomic E-state index is -0.847. The third-order valence-corrected chi connectivity index (χ3v) is 4.53. The maximum Gasteiger partial charge on any atom is 0.328 e. The van der Waals surface area contributed by atoms with Crippen molar-refractivity contribution in [2.24, 2.45) is 0 Å². The highest BCUT2D eigenvalue weighted by Crippen LogP contribution is 2.27. The van der Waals surface area contributed by atoms with Crippen molar-refractivity contribution >= 4 is 39.9 Å². The van der Waals surface area contributed by atoms with E-state index in [-0.39, 0.29) is 10.8 Å². The Kier molecular flexibility index (Phi) is 5.84. The van der Waals surface area contributed by atoms with Gasteiger partial charge in [-0.25, -0.2) is 4.68 Å². The lowest BCUT2D eigenvalue weighted by atomic mass is 10.1. The SMILES string of the molecule is Cc1cc(C)c(NC(=O)COC(=O)Cn2[nH]c(=O)c3ccccc3c2=O)c(Cl)c1. The van der Waals surface area contributed by atoms with Crippen LogP contribution in [0.1, 0.15) is 11.1 Å². The molecule has 1 heterocycles. The number of ether oxygens (including phenoxy) is 1. The first-order valence-electron chi connectivity index (χ1n) is 8.70. The molecule has 9 heteroatoms. The van der Waals surface area contributed by atoms with Crippen molar-refractivity contribution in [2.75, 3.05) is 11.9 Å². The van der Waals surface area contributed by atoms with Crippen molar-refractivity contribution in [1.82, 2.24) is 9.78 Å². The highest BCUT2D eigenvalue weighted by molar-refractivity contribution is 6.34. The lowest BCUT2D eigenvalue weighted by Crippen LogP contribution is -2.33. The van der Waals surface area contributed by atoms with Crippen LogP contribution in [0.15, 0.2) is 46.0 Å². The number of aromatic nitrogens is 2. The van der Waals surface area contributed by atoms with Gasteiger partial charge in [-0.1, -0.05) is 29.8 Å². The normalized spacial score (nSPS) is 10.7. The maximum atomic E-state index is 12.4. The van der Waals surface area contributed by atoms with Crippen LogP contribution >= 0.6 is 11.6 Å². The van der Waals surface area contributed by atoms with E-state index in [0.717, 1.165) is 15.8 Å². The minimum absolute atomic E-state index is 0.186. The first kappa shape index (κ1) is 20.3. The number of amides is 1. The second-order valence-corrected chi connectivity index (χ2v) is 6.93. The smallest absolute Gasteiger partial charge is 0.328 e. The largest absolute Gasteiger partial charge is 0.454 e.